The third-order valence-corrected chi connectivity index (χ3v) is 7.91. The molecule has 0 radical (unpaired) electrons. The van der Waals surface area contributed by atoms with Crippen molar-refractivity contribution in [2.45, 2.75) is 108 Å². The molecule has 12 heteroatoms. The lowest BCUT2D eigenvalue weighted by Gasteiger charge is -2.39. The van der Waals surface area contributed by atoms with Crippen LogP contribution >= 0.6 is 0 Å². The zero-order valence-electron chi connectivity index (χ0n) is 23.5. The van der Waals surface area contributed by atoms with Crippen LogP contribution in [0.1, 0.15) is 59.3 Å². The Labute approximate surface area is 231 Å². The third-order valence-electron chi connectivity index (χ3n) is 7.91. The molecule has 0 heterocycles. The fourth-order valence-corrected chi connectivity index (χ4v) is 5.24. The Morgan fingerprint density at radius 1 is 0.744 bits per heavy atom. The van der Waals surface area contributed by atoms with Crippen LogP contribution in [0.5, 0.6) is 0 Å². The molecule has 10 atom stereocenters. The number of nitrogens with zero attached hydrogens (tertiary/aromatic N) is 1. The maximum Gasteiger partial charge on any atom is 0.234 e. The van der Waals surface area contributed by atoms with E-state index < -0.39 is 48.8 Å². The van der Waals surface area contributed by atoms with E-state index in [0.717, 1.165) is 19.3 Å². The molecule has 39 heavy (non-hydrogen) atoms. The summed E-state index contributed by atoms with van der Waals surface area (Å²) in [6, 6.07) is 0. The number of amides is 1. The number of Topliss-reactive ketones (excluding diaryl/α,β-unsaturated/α-hetero) is 1. The number of unbranched alkanes of at least 4 members (excludes halogenated alkanes) is 2. The van der Waals surface area contributed by atoms with Crippen LogP contribution in [0, 0.1) is 11.8 Å². The Bertz CT molecular complexity index is 703. The van der Waals surface area contributed by atoms with Crippen LogP contribution in [0.15, 0.2) is 0 Å². The molecule has 2 aliphatic carbocycles. The van der Waals surface area contributed by atoms with E-state index in [1.54, 1.807) is 20.8 Å². The van der Waals surface area contributed by atoms with Gasteiger partial charge in [-0.05, 0) is 44.4 Å². The number of carbonyl (C=O) groups is 2. The van der Waals surface area contributed by atoms with Crippen LogP contribution in [0.25, 0.3) is 0 Å². The zero-order valence-corrected chi connectivity index (χ0v) is 23.5. The minimum absolute atomic E-state index is 0.0656. The highest BCUT2D eigenvalue weighted by molar-refractivity contribution is 5.78. The standard InChI is InChI=1S/C27H50N2O10/c1-16-13-19(24(34)26(36)22(16)32)38-11-9-29(15-21(31)28-8-6-4-5-7-18(3)30)10-12-39-20-14-17(2)23(33)27(37)25(20)35/h16-17,19-20,22-27,32-37H,4-15H2,1-3H3,(H,28,31)/t16-,17-,19-,20-,22-,23-,24-,25-,26-,27-/m1/s1. The Kier molecular flexibility index (Phi) is 14.7. The molecule has 2 aliphatic rings. The molecule has 1 amide bonds. The van der Waals surface area contributed by atoms with Crippen molar-refractivity contribution in [3.63, 3.8) is 0 Å². The Morgan fingerprint density at radius 3 is 1.69 bits per heavy atom. The van der Waals surface area contributed by atoms with Crippen molar-refractivity contribution in [3.05, 3.63) is 0 Å². The van der Waals surface area contributed by atoms with Crippen LogP contribution in [0.2, 0.25) is 0 Å². The molecule has 0 unspecified atom stereocenters. The van der Waals surface area contributed by atoms with Gasteiger partial charge in [0.15, 0.2) is 0 Å². The minimum atomic E-state index is -1.29. The molecule has 2 saturated carbocycles. The molecular weight excluding hydrogens is 512 g/mol. The molecule has 228 valence electrons. The van der Waals surface area contributed by atoms with Crippen molar-refractivity contribution >= 4 is 11.7 Å². The van der Waals surface area contributed by atoms with Crippen LogP contribution in [-0.2, 0) is 19.1 Å². The molecule has 2 rings (SSSR count). The zero-order chi connectivity index (χ0) is 29.1. The van der Waals surface area contributed by atoms with Crippen molar-refractivity contribution in [1.29, 1.82) is 0 Å². The van der Waals surface area contributed by atoms with Crippen molar-refractivity contribution < 1.29 is 49.7 Å². The van der Waals surface area contributed by atoms with E-state index in [2.05, 4.69) is 5.32 Å². The summed E-state index contributed by atoms with van der Waals surface area (Å²) in [5.41, 5.74) is 0. The van der Waals surface area contributed by atoms with Gasteiger partial charge in [0.2, 0.25) is 5.91 Å². The molecule has 7 N–H and O–H groups in total. The van der Waals surface area contributed by atoms with Crippen molar-refractivity contribution in [2.24, 2.45) is 11.8 Å². The van der Waals surface area contributed by atoms with Crippen molar-refractivity contribution in [2.75, 3.05) is 39.4 Å². The van der Waals surface area contributed by atoms with Gasteiger partial charge in [0, 0.05) is 26.1 Å². The number of carbonyl (C=O) groups excluding carboxylic acids is 2. The van der Waals surface area contributed by atoms with Crippen LogP contribution in [0.4, 0.5) is 0 Å². The van der Waals surface area contributed by atoms with Gasteiger partial charge >= 0.3 is 0 Å². The highest BCUT2D eigenvalue weighted by Crippen LogP contribution is 2.28. The quantitative estimate of drug-likeness (QED) is 0.109. The average Bonchev–Trinajstić information content (AvgIpc) is 2.89. The largest absolute Gasteiger partial charge is 0.390 e. The van der Waals surface area contributed by atoms with E-state index in [4.69, 9.17) is 9.47 Å². The summed E-state index contributed by atoms with van der Waals surface area (Å²) < 4.78 is 11.7. The van der Waals surface area contributed by atoms with Gasteiger partial charge in [0.05, 0.1) is 44.2 Å². The molecule has 2 fully saturated rings. The number of ether oxygens (including phenoxy) is 2. The predicted octanol–water partition coefficient (Wildman–Crippen LogP) is -1.43. The first-order valence-corrected chi connectivity index (χ1v) is 14.2. The first-order valence-electron chi connectivity index (χ1n) is 14.2. The van der Waals surface area contributed by atoms with Gasteiger partial charge in [0.1, 0.15) is 30.2 Å². The second-order valence-electron chi connectivity index (χ2n) is 11.3. The molecule has 12 nitrogen and oxygen atoms in total. The number of hydrogen-bond acceptors (Lipinski definition) is 11. The lowest BCUT2D eigenvalue weighted by Crippen LogP contribution is -2.54. The van der Waals surface area contributed by atoms with Gasteiger partial charge in [-0.15, -0.1) is 0 Å². The summed E-state index contributed by atoms with van der Waals surface area (Å²) in [6.07, 6.45) is -4.61. The second-order valence-corrected chi connectivity index (χ2v) is 11.3. The minimum Gasteiger partial charge on any atom is -0.390 e. The molecule has 0 aromatic carbocycles. The summed E-state index contributed by atoms with van der Waals surface area (Å²) in [5, 5.41) is 63.5. The highest BCUT2D eigenvalue weighted by atomic mass is 16.5. The molecule has 0 aromatic heterocycles. The van der Waals surface area contributed by atoms with E-state index in [9.17, 15) is 40.2 Å². The van der Waals surface area contributed by atoms with Crippen LogP contribution < -0.4 is 5.32 Å². The van der Waals surface area contributed by atoms with E-state index in [0.29, 0.717) is 38.9 Å². The lowest BCUT2D eigenvalue weighted by atomic mass is 9.82. The number of rotatable bonds is 16. The summed E-state index contributed by atoms with van der Waals surface area (Å²) in [4.78, 5) is 25.4. The van der Waals surface area contributed by atoms with Gasteiger partial charge in [-0.3, -0.25) is 9.69 Å². The summed E-state index contributed by atoms with van der Waals surface area (Å²) in [7, 11) is 0. The molecule has 0 aliphatic heterocycles. The van der Waals surface area contributed by atoms with E-state index >= 15 is 0 Å². The number of ketones is 1. The summed E-state index contributed by atoms with van der Waals surface area (Å²) in [5.74, 6) is -0.508. The fraction of sp³-hybridized carbons (Fsp3) is 0.926. The molecule has 0 aromatic rings. The Balaban J connectivity index is 1.85. The van der Waals surface area contributed by atoms with Gasteiger partial charge in [0.25, 0.3) is 0 Å². The molecular formula is C27H50N2O10. The smallest absolute Gasteiger partial charge is 0.234 e. The molecule has 0 spiro atoms. The molecule has 0 bridgehead atoms. The van der Waals surface area contributed by atoms with Gasteiger partial charge in [-0.2, -0.15) is 0 Å². The summed E-state index contributed by atoms with van der Waals surface area (Å²) >= 11 is 0. The Hall–Kier alpha value is -1.22. The SMILES string of the molecule is CC(=O)CCCCCNC(=O)CN(CCO[C@@H]1C[C@@H](C)[C@@H](O)[C@@H](O)[C@@H]1O)CCO[C@@H]1C[C@@H](C)[C@@H](O)[C@@H](O)[C@@H]1O. The predicted molar refractivity (Wildman–Crippen MR) is 142 cm³/mol. The van der Waals surface area contributed by atoms with Crippen molar-refractivity contribution in [1.82, 2.24) is 10.2 Å². The van der Waals surface area contributed by atoms with Gasteiger partial charge in [-0.1, -0.05) is 20.3 Å². The normalized spacial score (nSPS) is 35.2. The Morgan fingerprint density at radius 2 is 1.23 bits per heavy atom. The first-order chi connectivity index (χ1) is 18.4. The topological polar surface area (TPSA) is 189 Å². The highest BCUT2D eigenvalue weighted by Gasteiger charge is 2.42. The second kappa shape index (κ2) is 16.9. The first kappa shape index (κ1) is 34.0. The number of nitrogens with one attached hydrogen (secondary N) is 1. The monoisotopic (exact) mass is 562 g/mol. The van der Waals surface area contributed by atoms with Gasteiger partial charge in [-0.25, -0.2) is 0 Å². The maximum atomic E-state index is 12.6. The van der Waals surface area contributed by atoms with Gasteiger partial charge < -0.3 is 50.2 Å². The average molecular weight is 563 g/mol. The maximum absolute atomic E-state index is 12.6. The van der Waals surface area contributed by atoms with Crippen LogP contribution in [-0.4, -0.2) is 135 Å². The number of hydrogen-bond donors (Lipinski definition) is 7. The lowest BCUT2D eigenvalue weighted by molar-refractivity contribution is -0.174. The number of aliphatic hydroxyl groups excluding tert-OH is 6. The van der Waals surface area contributed by atoms with Crippen molar-refractivity contribution in [3.8, 4) is 0 Å². The fourth-order valence-electron chi connectivity index (χ4n) is 5.24. The molecule has 0 saturated heterocycles. The van der Waals surface area contributed by atoms with E-state index in [1.807, 2.05) is 4.90 Å². The van der Waals surface area contributed by atoms with Crippen LogP contribution in [0.3, 0.4) is 0 Å². The summed E-state index contributed by atoms with van der Waals surface area (Å²) in [6.45, 7) is 6.68. The third kappa shape index (κ3) is 10.9. The van der Waals surface area contributed by atoms with E-state index in [-0.39, 0.29) is 43.3 Å². The number of aliphatic hydroxyl groups is 6. The van der Waals surface area contributed by atoms with E-state index in [1.165, 1.54) is 0 Å².